The van der Waals surface area contributed by atoms with Crippen molar-refractivity contribution in [3.8, 4) is 0 Å². The van der Waals surface area contributed by atoms with Gasteiger partial charge in [-0.15, -0.1) is 0 Å². The molecule has 0 aliphatic carbocycles. The Hall–Kier alpha value is -2.77. The minimum atomic E-state index is -0.696. The van der Waals surface area contributed by atoms with Crippen molar-refractivity contribution in [2.24, 2.45) is 11.0 Å². The second-order valence-electron chi connectivity index (χ2n) is 4.96. The van der Waals surface area contributed by atoms with Crippen LogP contribution in [0, 0.1) is 26.1 Å². The van der Waals surface area contributed by atoms with Crippen LogP contribution in [-0.4, -0.2) is 16.1 Å². The van der Waals surface area contributed by atoms with Gasteiger partial charge >= 0.3 is 5.69 Å². The topological polar surface area (TPSA) is 111 Å². The fourth-order valence-electron chi connectivity index (χ4n) is 1.72. The van der Waals surface area contributed by atoms with Gasteiger partial charge in [0.25, 0.3) is 5.69 Å². The van der Waals surface area contributed by atoms with Crippen LogP contribution in [0.2, 0.25) is 0 Å². The fourth-order valence-corrected chi connectivity index (χ4v) is 1.72. The molecule has 0 fully saturated rings. The van der Waals surface area contributed by atoms with E-state index in [2.05, 4.69) is 31.0 Å². The molecule has 0 saturated carbocycles. The molecule has 0 aliphatic heterocycles. The lowest BCUT2D eigenvalue weighted by molar-refractivity contribution is -0.393. The van der Waals surface area contributed by atoms with Crippen LogP contribution >= 0.6 is 0 Å². The Morgan fingerprint density at radius 3 is 2.64 bits per heavy atom. The molecular weight excluding hydrogens is 288 g/mol. The maximum atomic E-state index is 11.0. The van der Waals surface area contributed by atoms with Crippen molar-refractivity contribution in [3.63, 3.8) is 0 Å². The molecule has 1 rings (SSSR count). The first-order chi connectivity index (χ1) is 10.3. The molecule has 0 amide bonds. The van der Waals surface area contributed by atoms with Crippen LogP contribution in [0.4, 0.5) is 17.1 Å². The maximum absolute atomic E-state index is 11.0. The van der Waals surface area contributed by atoms with Crippen LogP contribution in [0.5, 0.6) is 0 Å². The molecule has 0 aromatic heterocycles. The van der Waals surface area contributed by atoms with Gasteiger partial charge in [-0.3, -0.25) is 25.7 Å². The second kappa shape index (κ2) is 7.87. The zero-order valence-electron chi connectivity index (χ0n) is 12.5. The fraction of sp³-hybridized carbons (Fsp3) is 0.357. The molecule has 8 heteroatoms. The largest absolute Gasteiger partial charge is 0.301 e. The standard InChI is InChI=1S/C14H18N4O4/c1-4-10(2)7-11(3)9-15-16-13-6-5-12(17(19)20)8-14(13)18(21)22/h5-6,8-10,16H,3-4,7H2,1-2H3/b15-9+/t10-/m0/s1. The molecule has 0 unspecified atom stereocenters. The lowest BCUT2D eigenvalue weighted by Crippen LogP contribution is -2.00. The van der Waals surface area contributed by atoms with Crippen molar-refractivity contribution in [1.29, 1.82) is 0 Å². The number of nitrogens with zero attached hydrogens (tertiary/aromatic N) is 3. The minimum absolute atomic E-state index is 0.0863. The summed E-state index contributed by atoms with van der Waals surface area (Å²) in [6, 6.07) is 3.33. The Balaban J connectivity index is 2.83. The van der Waals surface area contributed by atoms with Gasteiger partial charge in [-0.05, 0) is 24.0 Å². The summed E-state index contributed by atoms with van der Waals surface area (Å²) in [7, 11) is 0. The number of rotatable bonds is 8. The van der Waals surface area contributed by atoms with Gasteiger partial charge in [0.1, 0.15) is 5.69 Å². The van der Waals surface area contributed by atoms with E-state index in [1.807, 2.05) is 0 Å². The SMILES string of the molecule is C=C(/C=N/Nc1ccc([N+](=O)[O-])cc1[N+](=O)[O-])C[C@@H](C)CC. The first-order valence-electron chi connectivity index (χ1n) is 6.74. The summed E-state index contributed by atoms with van der Waals surface area (Å²) in [5.74, 6) is 0.479. The van der Waals surface area contributed by atoms with Gasteiger partial charge in [0.05, 0.1) is 15.9 Å². The van der Waals surface area contributed by atoms with Crippen LogP contribution in [0.25, 0.3) is 0 Å². The van der Waals surface area contributed by atoms with Gasteiger partial charge < -0.3 is 0 Å². The summed E-state index contributed by atoms with van der Waals surface area (Å²) in [6.45, 7) is 8.02. The molecule has 0 spiro atoms. The number of allylic oxidation sites excluding steroid dienone is 1. The molecular formula is C14H18N4O4. The normalized spacial score (nSPS) is 12.1. The number of nitro benzene ring substituents is 2. The highest BCUT2D eigenvalue weighted by Crippen LogP contribution is 2.28. The molecule has 0 aliphatic rings. The van der Waals surface area contributed by atoms with Gasteiger partial charge in [-0.25, -0.2) is 0 Å². The summed E-state index contributed by atoms with van der Waals surface area (Å²) in [5, 5.41) is 25.5. The van der Waals surface area contributed by atoms with Crippen molar-refractivity contribution in [2.75, 3.05) is 5.43 Å². The highest BCUT2D eigenvalue weighted by molar-refractivity contribution is 5.79. The molecule has 8 nitrogen and oxygen atoms in total. The van der Waals surface area contributed by atoms with Crippen LogP contribution in [-0.2, 0) is 0 Å². The number of hydrogen-bond acceptors (Lipinski definition) is 6. The first kappa shape index (κ1) is 17.3. The molecule has 0 saturated heterocycles. The number of nitrogens with one attached hydrogen (secondary N) is 1. The van der Waals surface area contributed by atoms with E-state index in [1.165, 1.54) is 18.3 Å². The zero-order valence-corrected chi connectivity index (χ0v) is 12.5. The monoisotopic (exact) mass is 306 g/mol. The van der Waals surface area contributed by atoms with E-state index >= 15 is 0 Å². The lowest BCUT2D eigenvalue weighted by Gasteiger charge is -2.07. The zero-order chi connectivity index (χ0) is 16.7. The molecule has 1 aromatic rings. The average Bonchev–Trinajstić information content (AvgIpc) is 2.46. The number of non-ortho nitro benzene ring substituents is 1. The molecule has 0 radical (unpaired) electrons. The quantitative estimate of drug-likeness (QED) is 0.445. The number of hydrazone groups is 1. The molecule has 22 heavy (non-hydrogen) atoms. The summed E-state index contributed by atoms with van der Waals surface area (Å²) in [4.78, 5) is 20.2. The van der Waals surface area contributed by atoms with Crippen LogP contribution < -0.4 is 5.43 Å². The highest BCUT2D eigenvalue weighted by atomic mass is 16.6. The molecule has 0 heterocycles. The van der Waals surface area contributed by atoms with E-state index in [4.69, 9.17) is 0 Å². The lowest BCUT2D eigenvalue weighted by atomic mass is 10.0. The van der Waals surface area contributed by atoms with E-state index in [0.29, 0.717) is 5.92 Å². The van der Waals surface area contributed by atoms with Gasteiger partial charge in [-0.2, -0.15) is 5.10 Å². The van der Waals surface area contributed by atoms with E-state index in [9.17, 15) is 20.2 Å². The van der Waals surface area contributed by atoms with Gasteiger partial charge in [-0.1, -0.05) is 26.8 Å². The number of nitro groups is 2. The predicted octanol–water partition coefficient (Wildman–Crippen LogP) is 3.89. The summed E-state index contributed by atoms with van der Waals surface area (Å²) >= 11 is 0. The number of hydrogen-bond donors (Lipinski definition) is 1. The van der Waals surface area contributed by atoms with E-state index < -0.39 is 15.5 Å². The smallest absolute Gasteiger partial charge is 0.272 e. The molecule has 118 valence electrons. The molecule has 1 N–H and O–H groups in total. The van der Waals surface area contributed by atoms with Crippen molar-refractivity contribution >= 4 is 23.3 Å². The molecule has 1 aromatic carbocycles. The van der Waals surface area contributed by atoms with Gasteiger partial charge in [0.15, 0.2) is 0 Å². The van der Waals surface area contributed by atoms with Crippen molar-refractivity contribution < 1.29 is 9.85 Å². The number of anilines is 1. The van der Waals surface area contributed by atoms with Crippen molar-refractivity contribution in [3.05, 3.63) is 50.6 Å². The van der Waals surface area contributed by atoms with Gasteiger partial charge in [0, 0.05) is 12.3 Å². The summed E-state index contributed by atoms with van der Waals surface area (Å²) in [6.07, 6.45) is 3.30. The second-order valence-corrected chi connectivity index (χ2v) is 4.96. The summed E-state index contributed by atoms with van der Waals surface area (Å²) < 4.78 is 0. The van der Waals surface area contributed by atoms with E-state index in [1.54, 1.807) is 0 Å². The minimum Gasteiger partial charge on any atom is -0.272 e. The Morgan fingerprint density at radius 1 is 1.41 bits per heavy atom. The van der Waals surface area contributed by atoms with Gasteiger partial charge in [0.2, 0.25) is 0 Å². The highest BCUT2D eigenvalue weighted by Gasteiger charge is 2.19. The third kappa shape index (κ3) is 4.97. The first-order valence-corrected chi connectivity index (χ1v) is 6.74. The Labute approximate surface area is 127 Å². The Morgan fingerprint density at radius 2 is 2.09 bits per heavy atom. The predicted molar refractivity (Wildman–Crippen MR) is 85.1 cm³/mol. The van der Waals surface area contributed by atoms with Crippen LogP contribution in [0.3, 0.4) is 0 Å². The number of benzene rings is 1. The Kier molecular flexibility index (Phi) is 6.18. The van der Waals surface area contributed by atoms with Crippen LogP contribution in [0.1, 0.15) is 26.7 Å². The van der Waals surface area contributed by atoms with Crippen molar-refractivity contribution in [2.45, 2.75) is 26.7 Å². The maximum Gasteiger partial charge on any atom is 0.301 e. The van der Waals surface area contributed by atoms with E-state index in [-0.39, 0.29) is 11.4 Å². The average molecular weight is 306 g/mol. The Bertz CT molecular complexity index is 613. The summed E-state index contributed by atoms with van der Waals surface area (Å²) in [5.41, 5.74) is 2.66. The molecule has 0 bridgehead atoms. The van der Waals surface area contributed by atoms with Crippen molar-refractivity contribution in [1.82, 2.24) is 0 Å². The van der Waals surface area contributed by atoms with E-state index in [0.717, 1.165) is 24.5 Å². The third-order valence-corrected chi connectivity index (χ3v) is 3.13. The van der Waals surface area contributed by atoms with Crippen LogP contribution in [0.15, 0.2) is 35.5 Å². The molecule has 1 atom stereocenters. The third-order valence-electron chi connectivity index (χ3n) is 3.13.